The lowest BCUT2D eigenvalue weighted by molar-refractivity contribution is 0.952. The highest BCUT2D eigenvalue weighted by Crippen LogP contribution is 2.18. The van der Waals surface area contributed by atoms with Gasteiger partial charge < -0.3 is 0 Å². The molecule has 0 saturated heterocycles. The van der Waals surface area contributed by atoms with E-state index in [9.17, 15) is 0 Å². The van der Waals surface area contributed by atoms with Gasteiger partial charge in [-0.1, -0.05) is 18.2 Å². The average molecular weight is 133 g/mol. The second-order valence-electron chi connectivity index (χ2n) is 2.73. The molecule has 1 nitrogen and oxygen atoms in total. The van der Waals surface area contributed by atoms with Crippen molar-refractivity contribution in [2.45, 2.75) is 19.3 Å². The fourth-order valence-corrected chi connectivity index (χ4v) is 1.46. The summed E-state index contributed by atoms with van der Waals surface area (Å²) in [5.74, 6) is 0. The largest absolute Gasteiger partial charge is 0.289 e. The molecule has 0 amide bonds. The Morgan fingerprint density at radius 1 is 1.20 bits per heavy atom. The highest BCUT2D eigenvalue weighted by atomic mass is 14.7. The van der Waals surface area contributed by atoms with E-state index < -0.39 is 0 Å². The highest BCUT2D eigenvalue weighted by molar-refractivity contribution is 6.02. The molecule has 1 heterocycles. The van der Waals surface area contributed by atoms with E-state index in [0.717, 1.165) is 25.8 Å². The monoisotopic (exact) mass is 133 g/mol. The van der Waals surface area contributed by atoms with Crippen LogP contribution in [0.15, 0.2) is 28.8 Å². The van der Waals surface area contributed by atoms with Crippen molar-refractivity contribution in [3.8, 4) is 0 Å². The number of aliphatic imine (C=N–C) groups is 1. The maximum Gasteiger partial charge on any atom is 0.0427 e. The van der Waals surface area contributed by atoms with Gasteiger partial charge in [0.1, 0.15) is 0 Å². The van der Waals surface area contributed by atoms with E-state index in [1.807, 2.05) is 0 Å². The Labute approximate surface area is 61.2 Å². The molecule has 0 aromatic carbocycles. The van der Waals surface area contributed by atoms with Crippen LogP contribution in [0.2, 0.25) is 0 Å². The van der Waals surface area contributed by atoms with Crippen LogP contribution in [-0.2, 0) is 0 Å². The molecule has 0 saturated carbocycles. The van der Waals surface area contributed by atoms with Gasteiger partial charge in [-0.05, 0) is 18.4 Å². The predicted octanol–water partition coefficient (Wildman–Crippen LogP) is 2.11. The van der Waals surface area contributed by atoms with E-state index in [0.29, 0.717) is 0 Å². The molecule has 10 heavy (non-hydrogen) atoms. The number of nitrogens with zero attached hydrogens (tertiary/aromatic N) is 1. The summed E-state index contributed by atoms with van der Waals surface area (Å²) in [6.45, 7) is 1.01. The van der Waals surface area contributed by atoms with Crippen molar-refractivity contribution in [1.29, 1.82) is 0 Å². The van der Waals surface area contributed by atoms with Crippen LogP contribution in [0.25, 0.3) is 0 Å². The summed E-state index contributed by atoms with van der Waals surface area (Å²) in [5.41, 5.74) is 2.79. The van der Waals surface area contributed by atoms with Gasteiger partial charge in [0.25, 0.3) is 0 Å². The van der Waals surface area contributed by atoms with Crippen LogP contribution in [0.3, 0.4) is 0 Å². The molecule has 0 aromatic heterocycles. The second-order valence-corrected chi connectivity index (χ2v) is 2.73. The van der Waals surface area contributed by atoms with E-state index in [1.54, 1.807) is 0 Å². The molecule has 0 spiro atoms. The zero-order chi connectivity index (χ0) is 6.81. The van der Waals surface area contributed by atoms with Crippen LogP contribution in [0.4, 0.5) is 0 Å². The predicted molar refractivity (Wildman–Crippen MR) is 43.4 cm³/mol. The summed E-state index contributed by atoms with van der Waals surface area (Å²) < 4.78 is 0. The van der Waals surface area contributed by atoms with Crippen molar-refractivity contribution in [1.82, 2.24) is 0 Å². The smallest absolute Gasteiger partial charge is 0.0427 e. The summed E-state index contributed by atoms with van der Waals surface area (Å²) in [6, 6.07) is 0. The van der Waals surface area contributed by atoms with Crippen LogP contribution in [0.5, 0.6) is 0 Å². The van der Waals surface area contributed by atoms with E-state index in [2.05, 4.69) is 23.2 Å². The number of allylic oxidation sites excluding steroid dienone is 3. The highest BCUT2D eigenvalue weighted by Gasteiger charge is 2.10. The minimum absolute atomic E-state index is 1.01. The van der Waals surface area contributed by atoms with Crippen molar-refractivity contribution < 1.29 is 0 Å². The summed E-state index contributed by atoms with van der Waals surface area (Å²) in [5, 5.41) is 0. The number of dihydropyridines is 1. The first-order chi connectivity index (χ1) is 4.97. The maximum absolute atomic E-state index is 4.45. The minimum atomic E-state index is 1.01. The molecule has 1 aliphatic heterocycles. The Balaban J connectivity index is 2.30. The van der Waals surface area contributed by atoms with Gasteiger partial charge in [-0.2, -0.15) is 0 Å². The van der Waals surface area contributed by atoms with Crippen LogP contribution in [0, 0.1) is 0 Å². The van der Waals surface area contributed by atoms with Gasteiger partial charge in [-0.25, -0.2) is 0 Å². The van der Waals surface area contributed by atoms with Crippen LogP contribution < -0.4 is 0 Å². The van der Waals surface area contributed by atoms with Gasteiger partial charge in [0.15, 0.2) is 0 Å². The Kier molecular flexibility index (Phi) is 1.42. The molecule has 52 valence electrons. The molecule has 0 aromatic rings. The van der Waals surface area contributed by atoms with Crippen molar-refractivity contribution in [2.75, 3.05) is 6.54 Å². The van der Waals surface area contributed by atoms with Gasteiger partial charge in [-0.15, -0.1) is 0 Å². The first kappa shape index (κ1) is 5.90. The Hall–Kier alpha value is -0.850. The molecule has 0 unspecified atom stereocenters. The molecule has 0 radical (unpaired) electrons. The van der Waals surface area contributed by atoms with Crippen LogP contribution in [0.1, 0.15) is 19.3 Å². The third-order valence-electron chi connectivity index (χ3n) is 2.01. The summed E-state index contributed by atoms with van der Waals surface area (Å²) >= 11 is 0. The van der Waals surface area contributed by atoms with Gasteiger partial charge >= 0.3 is 0 Å². The van der Waals surface area contributed by atoms with Gasteiger partial charge in [0.2, 0.25) is 0 Å². The summed E-state index contributed by atoms with van der Waals surface area (Å²) in [4.78, 5) is 4.45. The van der Waals surface area contributed by atoms with Crippen molar-refractivity contribution in [3.05, 3.63) is 23.8 Å². The zero-order valence-electron chi connectivity index (χ0n) is 6.01. The third kappa shape index (κ3) is 0.919. The SMILES string of the molecule is C1=CCC2=NCCC=C2C1. The number of hydrogen-bond acceptors (Lipinski definition) is 1. The number of rotatable bonds is 0. The maximum atomic E-state index is 4.45. The standard InChI is InChI=1S/C9H11N/c1-2-6-9-8(4-1)5-3-7-10-9/h1-2,5H,3-4,6-7H2. The molecular formula is C9H11N. The fourth-order valence-electron chi connectivity index (χ4n) is 1.46. The summed E-state index contributed by atoms with van der Waals surface area (Å²) in [6.07, 6.45) is 10.1. The summed E-state index contributed by atoms with van der Waals surface area (Å²) in [7, 11) is 0. The topological polar surface area (TPSA) is 12.4 Å². The number of hydrogen-bond donors (Lipinski definition) is 0. The second kappa shape index (κ2) is 2.41. The van der Waals surface area contributed by atoms with Gasteiger partial charge in [0, 0.05) is 18.7 Å². The van der Waals surface area contributed by atoms with Crippen molar-refractivity contribution in [3.63, 3.8) is 0 Å². The van der Waals surface area contributed by atoms with Crippen LogP contribution in [-0.4, -0.2) is 12.3 Å². The molecule has 1 heteroatoms. The molecule has 1 aliphatic carbocycles. The number of fused-ring (bicyclic) bond motifs is 1. The zero-order valence-corrected chi connectivity index (χ0v) is 6.01. The molecule has 0 N–H and O–H groups in total. The van der Waals surface area contributed by atoms with Gasteiger partial charge in [-0.3, -0.25) is 4.99 Å². The first-order valence-corrected chi connectivity index (χ1v) is 3.84. The Bertz CT molecular complexity index is 197. The quantitative estimate of drug-likeness (QED) is 0.449. The Morgan fingerprint density at radius 2 is 2.10 bits per heavy atom. The normalized spacial score (nSPS) is 23.2. The van der Waals surface area contributed by atoms with E-state index in [4.69, 9.17) is 0 Å². The first-order valence-electron chi connectivity index (χ1n) is 3.84. The Morgan fingerprint density at radius 3 is 3.00 bits per heavy atom. The van der Waals surface area contributed by atoms with E-state index in [1.165, 1.54) is 11.3 Å². The van der Waals surface area contributed by atoms with E-state index in [-0.39, 0.29) is 0 Å². The van der Waals surface area contributed by atoms with E-state index >= 15 is 0 Å². The van der Waals surface area contributed by atoms with Crippen molar-refractivity contribution in [2.24, 2.45) is 4.99 Å². The van der Waals surface area contributed by atoms with Gasteiger partial charge in [0.05, 0.1) is 0 Å². The molecule has 0 atom stereocenters. The minimum Gasteiger partial charge on any atom is -0.289 e. The molecule has 0 bridgehead atoms. The lowest BCUT2D eigenvalue weighted by Gasteiger charge is -2.15. The molecule has 0 fully saturated rings. The fraction of sp³-hybridized carbons (Fsp3) is 0.444. The average Bonchev–Trinajstić information content (AvgIpc) is 2.05. The molecular weight excluding hydrogens is 122 g/mol. The van der Waals surface area contributed by atoms with Crippen LogP contribution >= 0.6 is 0 Å². The molecule has 2 aliphatic rings. The van der Waals surface area contributed by atoms with Crippen molar-refractivity contribution >= 4 is 5.71 Å². The lowest BCUT2D eigenvalue weighted by atomic mass is 9.96. The molecule has 2 rings (SSSR count). The lowest BCUT2D eigenvalue weighted by Crippen LogP contribution is -2.09. The third-order valence-corrected chi connectivity index (χ3v) is 2.01.